The third-order valence-corrected chi connectivity index (χ3v) is 3.32. The summed E-state index contributed by atoms with van der Waals surface area (Å²) in [5, 5.41) is 0. The number of ether oxygens (including phenoxy) is 1. The molecule has 2 rings (SSSR count). The van der Waals surface area contributed by atoms with E-state index in [4.69, 9.17) is 16.3 Å². The topological polar surface area (TPSA) is 9.23 Å². The van der Waals surface area contributed by atoms with Crippen molar-refractivity contribution in [2.75, 3.05) is 0 Å². The number of rotatable bonds is 3. The van der Waals surface area contributed by atoms with Gasteiger partial charge in [0.1, 0.15) is 11.6 Å². The van der Waals surface area contributed by atoms with Crippen molar-refractivity contribution in [1.29, 1.82) is 0 Å². The van der Waals surface area contributed by atoms with E-state index in [0.29, 0.717) is 11.6 Å². The van der Waals surface area contributed by atoms with Gasteiger partial charge in [-0.25, -0.2) is 8.78 Å². The fourth-order valence-electron chi connectivity index (χ4n) is 1.38. The quantitative estimate of drug-likeness (QED) is 0.696. The van der Waals surface area contributed by atoms with Crippen molar-refractivity contribution in [2.24, 2.45) is 0 Å². The van der Waals surface area contributed by atoms with E-state index in [9.17, 15) is 8.78 Å². The summed E-state index contributed by atoms with van der Waals surface area (Å²) in [5.74, 6) is -0.563. The summed E-state index contributed by atoms with van der Waals surface area (Å²) in [6, 6.07) is 8.11. The summed E-state index contributed by atoms with van der Waals surface area (Å²) < 4.78 is 32.4. The van der Waals surface area contributed by atoms with Crippen LogP contribution < -0.4 is 4.74 Å². The highest BCUT2D eigenvalue weighted by molar-refractivity contribution is 9.10. The average molecular weight is 334 g/mol. The Kier molecular flexibility index (Phi) is 4.19. The Morgan fingerprint density at radius 2 is 1.89 bits per heavy atom. The van der Waals surface area contributed by atoms with Crippen LogP contribution >= 0.6 is 27.5 Å². The molecule has 0 spiro atoms. The van der Waals surface area contributed by atoms with E-state index in [1.807, 2.05) is 0 Å². The van der Waals surface area contributed by atoms with Gasteiger partial charge in [-0.1, -0.05) is 22.0 Å². The maximum atomic E-state index is 13.4. The lowest BCUT2D eigenvalue weighted by Crippen LogP contribution is -1.90. The third-order valence-electron chi connectivity index (χ3n) is 2.29. The van der Waals surface area contributed by atoms with Crippen LogP contribution in [0.4, 0.5) is 8.78 Å². The van der Waals surface area contributed by atoms with Crippen LogP contribution in [0.25, 0.3) is 0 Å². The van der Waals surface area contributed by atoms with Crippen LogP contribution in [0, 0.1) is 11.6 Å². The van der Waals surface area contributed by atoms with Crippen molar-refractivity contribution < 1.29 is 13.5 Å². The second-order valence-electron chi connectivity index (χ2n) is 3.56. The molecule has 0 bridgehead atoms. The number of benzene rings is 2. The molecule has 2 aromatic carbocycles. The standard InChI is InChI=1S/C13H8BrClF2O/c14-11-6-10(3-1-8(11)7-15)18-13-5-9(16)2-4-12(13)17/h1-6H,7H2. The lowest BCUT2D eigenvalue weighted by molar-refractivity contribution is 0.436. The molecule has 0 radical (unpaired) electrons. The Bertz CT molecular complexity index is 575. The van der Waals surface area contributed by atoms with Gasteiger partial charge in [0, 0.05) is 16.4 Å². The first kappa shape index (κ1) is 13.3. The van der Waals surface area contributed by atoms with E-state index in [1.54, 1.807) is 18.2 Å². The molecule has 0 saturated carbocycles. The molecular formula is C13H8BrClF2O. The normalized spacial score (nSPS) is 10.4. The third kappa shape index (κ3) is 3.00. The Morgan fingerprint density at radius 1 is 1.11 bits per heavy atom. The van der Waals surface area contributed by atoms with E-state index in [0.717, 1.165) is 28.2 Å². The molecule has 0 aliphatic rings. The number of halogens is 4. The van der Waals surface area contributed by atoms with Crippen LogP contribution in [0.1, 0.15) is 5.56 Å². The van der Waals surface area contributed by atoms with Gasteiger partial charge in [0.2, 0.25) is 0 Å². The molecule has 18 heavy (non-hydrogen) atoms. The maximum Gasteiger partial charge on any atom is 0.165 e. The molecule has 0 saturated heterocycles. The molecule has 2 aromatic rings. The van der Waals surface area contributed by atoms with Gasteiger partial charge < -0.3 is 4.74 Å². The summed E-state index contributed by atoms with van der Waals surface area (Å²) >= 11 is 9.03. The van der Waals surface area contributed by atoms with Crippen LogP contribution in [0.5, 0.6) is 11.5 Å². The Balaban J connectivity index is 2.28. The monoisotopic (exact) mass is 332 g/mol. The molecule has 0 heterocycles. The Labute approximate surface area is 116 Å². The molecule has 0 aromatic heterocycles. The van der Waals surface area contributed by atoms with Gasteiger partial charge in [0.05, 0.1) is 0 Å². The number of hydrogen-bond acceptors (Lipinski definition) is 1. The Morgan fingerprint density at radius 3 is 2.56 bits per heavy atom. The first-order chi connectivity index (χ1) is 8.60. The molecule has 0 atom stereocenters. The highest BCUT2D eigenvalue weighted by atomic mass is 79.9. The van der Waals surface area contributed by atoms with Gasteiger partial charge >= 0.3 is 0 Å². The maximum absolute atomic E-state index is 13.4. The smallest absolute Gasteiger partial charge is 0.165 e. The van der Waals surface area contributed by atoms with Gasteiger partial charge in [-0.05, 0) is 29.8 Å². The van der Waals surface area contributed by atoms with Gasteiger partial charge in [0.25, 0.3) is 0 Å². The van der Waals surface area contributed by atoms with Crippen LogP contribution in [-0.2, 0) is 5.88 Å². The second kappa shape index (κ2) is 5.67. The molecule has 0 fully saturated rings. The van der Waals surface area contributed by atoms with Crippen molar-refractivity contribution in [3.63, 3.8) is 0 Å². The van der Waals surface area contributed by atoms with E-state index in [2.05, 4.69) is 15.9 Å². The van der Waals surface area contributed by atoms with Crippen molar-refractivity contribution in [2.45, 2.75) is 5.88 Å². The van der Waals surface area contributed by atoms with Crippen LogP contribution in [0.15, 0.2) is 40.9 Å². The minimum Gasteiger partial charge on any atom is -0.454 e. The van der Waals surface area contributed by atoms with E-state index >= 15 is 0 Å². The summed E-state index contributed by atoms with van der Waals surface area (Å²) in [5.41, 5.74) is 0.892. The fourth-order valence-corrected chi connectivity index (χ4v) is 2.27. The van der Waals surface area contributed by atoms with Gasteiger partial charge in [-0.15, -0.1) is 11.6 Å². The van der Waals surface area contributed by atoms with Crippen molar-refractivity contribution in [3.05, 3.63) is 58.1 Å². The lowest BCUT2D eigenvalue weighted by Gasteiger charge is -2.08. The van der Waals surface area contributed by atoms with E-state index < -0.39 is 11.6 Å². The fraction of sp³-hybridized carbons (Fsp3) is 0.0769. The molecule has 0 aliphatic carbocycles. The summed E-state index contributed by atoms with van der Waals surface area (Å²) in [7, 11) is 0. The molecule has 0 N–H and O–H groups in total. The van der Waals surface area contributed by atoms with Gasteiger partial charge in [-0.3, -0.25) is 0 Å². The molecule has 94 valence electrons. The molecule has 0 aliphatic heterocycles. The van der Waals surface area contributed by atoms with Crippen LogP contribution in [0.3, 0.4) is 0 Å². The zero-order valence-corrected chi connectivity index (χ0v) is 11.4. The summed E-state index contributed by atoms with van der Waals surface area (Å²) in [4.78, 5) is 0. The minimum absolute atomic E-state index is 0.152. The summed E-state index contributed by atoms with van der Waals surface area (Å²) in [6.45, 7) is 0. The van der Waals surface area contributed by atoms with E-state index in [1.165, 1.54) is 0 Å². The molecular weight excluding hydrogens is 325 g/mol. The van der Waals surface area contributed by atoms with Gasteiger partial charge in [-0.2, -0.15) is 0 Å². The first-order valence-electron chi connectivity index (χ1n) is 5.07. The highest BCUT2D eigenvalue weighted by Gasteiger charge is 2.08. The largest absolute Gasteiger partial charge is 0.454 e. The summed E-state index contributed by atoms with van der Waals surface area (Å²) in [6.07, 6.45) is 0. The first-order valence-corrected chi connectivity index (χ1v) is 6.40. The predicted octanol–water partition coefficient (Wildman–Crippen LogP) is 5.26. The molecule has 0 unspecified atom stereocenters. The van der Waals surface area contributed by atoms with Crippen molar-refractivity contribution >= 4 is 27.5 Å². The van der Waals surface area contributed by atoms with Crippen molar-refractivity contribution in [3.8, 4) is 11.5 Å². The van der Waals surface area contributed by atoms with E-state index in [-0.39, 0.29) is 5.75 Å². The van der Waals surface area contributed by atoms with Crippen LogP contribution in [-0.4, -0.2) is 0 Å². The molecule has 5 heteroatoms. The Hall–Kier alpha value is -1.13. The van der Waals surface area contributed by atoms with Crippen molar-refractivity contribution in [1.82, 2.24) is 0 Å². The number of hydrogen-bond donors (Lipinski definition) is 0. The average Bonchev–Trinajstić information content (AvgIpc) is 2.34. The minimum atomic E-state index is -0.617. The molecule has 0 amide bonds. The number of alkyl halides is 1. The van der Waals surface area contributed by atoms with Crippen LogP contribution in [0.2, 0.25) is 0 Å². The zero-order chi connectivity index (χ0) is 13.1. The van der Waals surface area contributed by atoms with Gasteiger partial charge in [0.15, 0.2) is 11.6 Å². The SMILES string of the molecule is Fc1ccc(F)c(Oc2ccc(CCl)c(Br)c2)c1. The second-order valence-corrected chi connectivity index (χ2v) is 4.69. The predicted molar refractivity (Wildman–Crippen MR) is 70.1 cm³/mol. The zero-order valence-electron chi connectivity index (χ0n) is 9.09. The highest BCUT2D eigenvalue weighted by Crippen LogP contribution is 2.29. The molecule has 1 nitrogen and oxygen atoms in total. The lowest BCUT2D eigenvalue weighted by atomic mass is 10.2.